The van der Waals surface area contributed by atoms with E-state index in [0.717, 1.165) is 5.56 Å². The zero-order valence-corrected chi connectivity index (χ0v) is 17.1. The Bertz CT molecular complexity index is 1140. The number of nitrogens with one attached hydrogen (secondary N) is 1. The molecule has 0 unspecified atom stereocenters. The van der Waals surface area contributed by atoms with Crippen molar-refractivity contribution in [3.63, 3.8) is 0 Å². The Morgan fingerprint density at radius 3 is 2.48 bits per heavy atom. The van der Waals surface area contributed by atoms with Crippen LogP contribution in [0.5, 0.6) is 11.5 Å². The van der Waals surface area contributed by atoms with Crippen LogP contribution in [0.4, 0.5) is 15.8 Å². The van der Waals surface area contributed by atoms with E-state index in [1.165, 1.54) is 31.4 Å². The molecule has 7 heteroatoms. The van der Waals surface area contributed by atoms with Crippen molar-refractivity contribution in [2.24, 2.45) is 0 Å². The maximum atomic E-state index is 13.2. The number of methoxy groups -OCH3 is 2. The lowest BCUT2D eigenvalue weighted by Gasteiger charge is -2.18. The quantitative estimate of drug-likeness (QED) is 0.668. The number of anilines is 2. The SMILES string of the molecule is COc1ccc(OC)c(NC(=O)c2cccc3c2CCN3C(=O)c2ccc(F)cc2)c1. The molecule has 2 amide bonds. The van der Waals surface area contributed by atoms with E-state index in [2.05, 4.69) is 5.32 Å². The first-order valence-corrected chi connectivity index (χ1v) is 9.74. The fourth-order valence-corrected chi connectivity index (χ4v) is 3.71. The van der Waals surface area contributed by atoms with Gasteiger partial charge in [-0.1, -0.05) is 6.07 Å². The Morgan fingerprint density at radius 2 is 1.77 bits per heavy atom. The molecule has 6 nitrogen and oxygen atoms in total. The predicted molar refractivity (Wildman–Crippen MR) is 116 cm³/mol. The van der Waals surface area contributed by atoms with Crippen LogP contribution < -0.4 is 19.7 Å². The van der Waals surface area contributed by atoms with Crippen LogP contribution >= 0.6 is 0 Å². The molecule has 3 aromatic rings. The minimum absolute atomic E-state index is 0.231. The third kappa shape index (κ3) is 3.94. The lowest BCUT2D eigenvalue weighted by molar-refractivity contribution is 0.0987. The fourth-order valence-electron chi connectivity index (χ4n) is 3.71. The Hall–Kier alpha value is -3.87. The molecule has 1 aliphatic rings. The Balaban J connectivity index is 1.62. The van der Waals surface area contributed by atoms with Gasteiger partial charge in [-0.2, -0.15) is 0 Å². The summed E-state index contributed by atoms with van der Waals surface area (Å²) in [4.78, 5) is 27.6. The topological polar surface area (TPSA) is 67.9 Å². The minimum Gasteiger partial charge on any atom is -0.497 e. The lowest BCUT2D eigenvalue weighted by Crippen LogP contribution is -2.28. The smallest absolute Gasteiger partial charge is 0.258 e. The number of amides is 2. The number of benzene rings is 3. The van der Waals surface area contributed by atoms with Gasteiger partial charge in [-0.25, -0.2) is 4.39 Å². The van der Waals surface area contributed by atoms with E-state index < -0.39 is 5.82 Å². The van der Waals surface area contributed by atoms with Gasteiger partial charge in [-0.05, 0) is 60.5 Å². The molecule has 1 aliphatic heterocycles. The molecule has 0 saturated carbocycles. The van der Waals surface area contributed by atoms with E-state index in [1.807, 2.05) is 6.07 Å². The number of nitrogens with zero attached hydrogens (tertiary/aromatic N) is 1. The summed E-state index contributed by atoms with van der Waals surface area (Å²) in [6.45, 7) is 0.443. The summed E-state index contributed by atoms with van der Waals surface area (Å²) in [5, 5.41) is 2.88. The highest BCUT2D eigenvalue weighted by Gasteiger charge is 2.29. The van der Waals surface area contributed by atoms with E-state index in [4.69, 9.17) is 9.47 Å². The van der Waals surface area contributed by atoms with E-state index in [9.17, 15) is 14.0 Å². The van der Waals surface area contributed by atoms with E-state index in [1.54, 1.807) is 42.3 Å². The molecule has 0 spiro atoms. The predicted octanol–water partition coefficient (Wildman–Crippen LogP) is 4.30. The van der Waals surface area contributed by atoms with Gasteiger partial charge in [0.15, 0.2) is 0 Å². The van der Waals surface area contributed by atoms with E-state index >= 15 is 0 Å². The van der Waals surface area contributed by atoms with E-state index in [0.29, 0.717) is 47.0 Å². The molecule has 1 N–H and O–H groups in total. The fraction of sp³-hybridized carbons (Fsp3) is 0.167. The van der Waals surface area contributed by atoms with Gasteiger partial charge in [0.25, 0.3) is 11.8 Å². The van der Waals surface area contributed by atoms with Gasteiger partial charge in [0.1, 0.15) is 17.3 Å². The molecule has 0 aromatic heterocycles. The van der Waals surface area contributed by atoms with E-state index in [-0.39, 0.29) is 11.8 Å². The van der Waals surface area contributed by atoms with Crippen molar-refractivity contribution in [1.82, 2.24) is 0 Å². The summed E-state index contributed by atoms with van der Waals surface area (Å²) >= 11 is 0. The van der Waals surface area contributed by atoms with Gasteiger partial charge in [0, 0.05) is 29.4 Å². The van der Waals surface area contributed by atoms with Crippen molar-refractivity contribution in [2.45, 2.75) is 6.42 Å². The highest BCUT2D eigenvalue weighted by Crippen LogP contribution is 2.34. The standard InChI is InChI=1S/C24H21FN2O4/c1-30-17-10-11-22(31-2)20(14-17)26-23(28)19-4-3-5-21-18(19)12-13-27(21)24(29)15-6-8-16(25)9-7-15/h3-11,14H,12-13H2,1-2H3,(H,26,28). The van der Waals surface area contributed by atoms with Crippen LogP contribution in [0.15, 0.2) is 60.7 Å². The van der Waals surface area contributed by atoms with Gasteiger partial charge in [0.2, 0.25) is 0 Å². The van der Waals surface area contributed by atoms with Gasteiger partial charge >= 0.3 is 0 Å². The molecule has 3 aromatic carbocycles. The monoisotopic (exact) mass is 420 g/mol. The summed E-state index contributed by atoms with van der Waals surface area (Å²) in [6, 6.07) is 15.9. The molecule has 0 radical (unpaired) electrons. The first-order valence-electron chi connectivity index (χ1n) is 9.74. The number of hydrogen-bond donors (Lipinski definition) is 1. The zero-order chi connectivity index (χ0) is 22.0. The molecule has 1 heterocycles. The van der Waals surface area contributed by atoms with Crippen LogP contribution in [0.3, 0.4) is 0 Å². The summed E-state index contributed by atoms with van der Waals surface area (Å²) in [5.41, 5.74) is 2.83. The molecule has 0 saturated heterocycles. The van der Waals surface area contributed by atoms with Gasteiger partial charge < -0.3 is 19.7 Å². The maximum absolute atomic E-state index is 13.2. The number of carbonyl (C=O) groups excluding carboxylic acids is 2. The lowest BCUT2D eigenvalue weighted by atomic mass is 10.0. The van der Waals surface area contributed by atoms with Crippen molar-refractivity contribution in [3.05, 3.63) is 83.2 Å². The van der Waals surface area contributed by atoms with Crippen LogP contribution in [0.25, 0.3) is 0 Å². The number of fused-ring (bicyclic) bond motifs is 1. The van der Waals surface area contributed by atoms with Gasteiger partial charge in [-0.15, -0.1) is 0 Å². The first kappa shape index (κ1) is 20.4. The normalized spacial score (nSPS) is 12.3. The second-order valence-electron chi connectivity index (χ2n) is 7.04. The summed E-state index contributed by atoms with van der Waals surface area (Å²) in [6.07, 6.45) is 0.543. The van der Waals surface area contributed by atoms with Gasteiger partial charge in [-0.3, -0.25) is 9.59 Å². The molecule has 158 valence electrons. The van der Waals surface area contributed by atoms with Crippen molar-refractivity contribution < 1.29 is 23.5 Å². The molecular weight excluding hydrogens is 399 g/mol. The Labute approximate surface area is 179 Å². The summed E-state index contributed by atoms with van der Waals surface area (Å²) < 4.78 is 23.8. The minimum atomic E-state index is -0.398. The van der Waals surface area contributed by atoms with Crippen molar-refractivity contribution in [3.8, 4) is 11.5 Å². The molecule has 4 rings (SSSR count). The number of ether oxygens (including phenoxy) is 2. The highest BCUT2D eigenvalue weighted by atomic mass is 19.1. The number of carbonyl (C=O) groups is 2. The van der Waals surface area contributed by atoms with Crippen molar-refractivity contribution in [1.29, 1.82) is 0 Å². The molecular formula is C24H21FN2O4. The summed E-state index contributed by atoms with van der Waals surface area (Å²) in [5.74, 6) is 0.163. The molecule has 0 bridgehead atoms. The Morgan fingerprint density at radius 1 is 1.00 bits per heavy atom. The number of rotatable bonds is 5. The van der Waals surface area contributed by atoms with Crippen LogP contribution in [0.1, 0.15) is 26.3 Å². The highest BCUT2D eigenvalue weighted by molar-refractivity contribution is 6.11. The average Bonchev–Trinajstić information content (AvgIpc) is 3.23. The average molecular weight is 420 g/mol. The maximum Gasteiger partial charge on any atom is 0.258 e. The largest absolute Gasteiger partial charge is 0.497 e. The second-order valence-corrected chi connectivity index (χ2v) is 7.04. The molecule has 0 aliphatic carbocycles. The number of halogens is 1. The first-order chi connectivity index (χ1) is 15.0. The number of hydrogen-bond acceptors (Lipinski definition) is 4. The van der Waals surface area contributed by atoms with Crippen LogP contribution in [0.2, 0.25) is 0 Å². The zero-order valence-electron chi connectivity index (χ0n) is 17.1. The third-order valence-electron chi connectivity index (χ3n) is 5.26. The van der Waals surface area contributed by atoms with Crippen LogP contribution in [-0.4, -0.2) is 32.6 Å². The summed E-state index contributed by atoms with van der Waals surface area (Å²) in [7, 11) is 3.07. The van der Waals surface area contributed by atoms with Crippen LogP contribution in [0, 0.1) is 5.82 Å². The Kier molecular flexibility index (Phi) is 5.58. The van der Waals surface area contributed by atoms with Crippen molar-refractivity contribution in [2.75, 3.05) is 31.0 Å². The van der Waals surface area contributed by atoms with Crippen molar-refractivity contribution >= 4 is 23.2 Å². The van der Waals surface area contributed by atoms with Gasteiger partial charge in [0.05, 0.1) is 19.9 Å². The molecule has 31 heavy (non-hydrogen) atoms. The second kappa shape index (κ2) is 8.47. The molecule has 0 atom stereocenters. The van der Waals surface area contributed by atoms with Crippen LogP contribution in [-0.2, 0) is 6.42 Å². The third-order valence-corrected chi connectivity index (χ3v) is 5.26. The molecule has 0 fully saturated rings.